The first-order valence-corrected chi connectivity index (χ1v) is 6.15. The van der Waals surface area contributed by atoms with Gasteiger partial charge < -0.3 is 14.6 Å². The topological polar surface area (TPSA) is 94.7 Å². The lowest BCUT2D eigenvalue weighted by Crippen LogP contribution is -1.96. The number of nitrogens with zero attached hydrogens (tertiary/aromatic N) is 2. The molecule has 1 unspecified atom stereocenters. The van der Waals surface area contributed by atoms with Crippen molar-refractivity contribution in [2.24, 2.45) is 0 Å². The number of nitro groups is 1. The maximum atomic E-state index is 10.9. The zero-order valence-electron chi connectivity index (χ0n) is 11.5. The Hall–Kier alpha value is -2.67. The van der Waals surface area contributed by atoms with E-state index >= 15 is 0 Å². The average molecular weight is 290 g/mol. The van der Waals surface area contributed by atoms with E-state index in [-0.39, 0.29) is 23.1 Å². The minimum absolute atomic E-state index is 0.157. The summed E-state index contributed by atoms with van der Waals surface area (Å²) in [7, 11) is 1.36. The van der Waals surface area contributed by atoms with E-state index in [2.05, 4.69) is 4.98 Å². The van der Waals surface area contributed by atoms with Gasteiger partial charge in [0.15, 0.2) is 5.75 Å². The van der Waals surface area contributed by atoms with Crippen molar-refractivity contribution >= 4 is 5.69 Å². The highest BCUT2D eigenvalue weighted by Gasteiger charge is 2.16. The van der Waals surface area contributed by atoms with Gasteiger partial charge >= 0.3 is 5.69 Å². The van der Waals surface area contributed by atoms with Crippen LogP contribution in [-0.2, 0) is 0 Å². The molecule has 2 aromatic rings. The molecule has 0 aliphatic heterocycles. The maximum absolute atomic E-state index is 10.9. The van der Waals surface area contributed by atoms with Gasteiger partial charge in [0, 0.05) is 12.3 Å². The van der Waals surface area contributed by atoms with Crippen LogP contribution < -0.4 is 9.47 Å². The molecule has 0 spiro atoms. The summed E-state index contributed by atoms with van der Waals surface area (Å²) in [5.41, 5.74) is 0.471. The molecule has 7 nitrogen and oxygen atoms in total. The molecule has 0 bridgehead atoms. The number of hydrogen-bond donors (Lipinski definition) is 1. The van der Waals surface area contributed by atoms with Gasteiger partial charge in [0.2, 0.25) is 5.88 Å². The number of hydrogen-bond acceptors (Lipinski definition) is 6. The van der Waals surface area contributed by atoms with Gasteiger partial charge in [0.05, 0.1) is 24.2 Å². The highest BCUT2D eigenvalue weighted by molar-refractivity contribution is 5.51. The lowest BCUT2D eigenvalue weighted by molar-refractivity contribution is -0.385. The molecule has 0 aliphatic rings. The van der Waals surface area contributed by atoms with Crippen molar-refractivity contribution < 1.29 is 19.5 Å². The molecule has 1 heterocycles. The van der Waals surface area contributed by atoms with Gasteiger partial charge in [-0.1, -0.05) is 0 Å². The van der Waals surface area contributed by atoms with Gasteiger partial charge in [0.1, 0.15) is 5.75 Å². The van der Waals surface area contributed by atoms with Crippen LogP contribution in [0.25, 0.3) is 0 Å². The molecule has 0 radical (unpaired) electrons. The maximum Gasteiger partial charge on any atom is 0.314 e. The number of methoxy groups -OCH3 is 1. The quantitative estimate of drug-likeness (QED) is 0.672. The third kappa shape index (κ3) is 3.46. The SMILES string of the molecule is COc1ccc(Oc2ccc(C(C)O)cn2)cc1[N+](=O)[O-]. The van der Waals surface area contributed by atoms with Crippen LogP contribution in [-0.4, -0.2) is 22.1 Å². The molecule has 110 valence electrons. The van der Waals surface area contributed by atoms with Crippen LogP contribution in [0.15, 0.2) is 36.5 Å². The zero-order chi connectivity index (χ0) is 15.4. The third-order valence-electron chi connectivity index (χ3n) is 2.81. The molecular formula is C14H14N2O5. The zero-order valence-corrected chi connectivity index (χ0v) is 11.5. The summed E-state index contributed by atoms with van der Waals surface area (Å²) in [6.45, 7) is 1.63. The van der Waals surface area contributed by atoms with Gasteiger partial charge in [-0.3, -0.25) is 10.1 Å². The number of aliphatic hydroxyl groups excluding tert-OH is 1. The van der Waals surface area contributed by atoms with E-state index in [9.17, 15) is 15.2 Å². The smallest absolute Gasteiger partial charge is 0.314 e. The summed E-state index contributed by atoms with van der Waals surface area (Å²) >= 11 is 0. The third-order valence-corrected chi connectivity index (χ3v) is 2.81. The van der Waals surface area contributed by atoms with E-state index in [1.165, 1.54) is 25.4 Å². The fraction of sp³-hybridized carbons (Fsp3) is 0.214. The normalized spacial score (nSPS) is 11.8. The largest absolute Gasteiger partial charge is 0.490 e. The Morgan fingerprint density at radius 2 is 2.10 bits per heavy atom. The number of aliphatic hydroxyl groups is 1. The molecule has 0 amide bonds. The fourth-order valence-corrected chi connectivity index (χ4v) is 1.70. The van der Waals surface area contributed by atoms with Crippen molar-refractivity contribution in [3.63, 3.8) is 0 Å². The molecule has 1 aromatic carbocycles. The number of benzene rings is 1. The second-order valence-electron chi connectivity index (χ2n) is 4.30. The predicted molar refractivity (Wildman–Crippen MR) is 74.6 cm³/mol. The van der Waals surface area contributed by atoms with E-state index in [0.717, 1.165) is 0 Å². The Kier molecular flexibility index (Phi) is 4.34. The molecule has 2 rings (SSSR count). The molecule has 0 saturated carbocycles. The fourth-order valence-electron chi connectivity index (χ4n) is 1.70. The van der Waals surface area contributed by atoms with E-state index < -0.39 is 11.0 Å². The predicted octanol–water partition coefficient (Wildman–Crippen LogP) is 2.84. The molecule has 0 saturated heterocycles. The minimum Gasteiger partial charge on any atom is -0.490 e. The molecule has 1 atom stereocenters. The number of rotatable bonds is 5. The highest BCUT2D eigenvalue weighted by atomic mass is 16.6. The highest BCUT2D eigenvalue weighted by Crippen LogP contribution is 2.32. The Bertz CT molecular complexity index is 640. The first-order chi connectivity index (χ1) is 10.0. The lowest BCUT2D eigenvalue weighted by Gasteiger charge is -2.08. The van der Waals surface area contributed by atoms with E-state index in [1.54, 1.807) is 25.1 Å². The monoisotopic (exact) mass is 290 g/mol. The van der Waals surface area contributed by atoms with Crippen molar-refractivity contribution in [1.82, 2.24) is 4.98 Å². The Morgan fingerprint density at radius 1 is 1.33 bits per heavy atom. The lowest BCUT2D eigenvalue weighted by atomic mass is 10.2. The summed E-state index contributed by atoms with van der Waals surface area (Å²) in [5, 5.41) is 20.3. The van der Waals surface area contributed by atoms with Crippen LogP contribution in [0.4, 0.5) is 5.69 Å². The van der Waals surface area contributed by atoms with E-state index in [4.69, 9.17) is 9.47 Å². The average Bonchev–Trinajstić information content (AvgIpc) is 2.47. The standard InChI is InChI=1S/C14H14N2O5/c1-9(17)10-3-6-14(15-8-10)21-11-4-5-13(20-2)12(7-11)16(18)19/h3-9,17H,1-2H3. The molecule has 7 heteroatoms. The number of aromatic nitrogens is 1. The van der Waals surface area contributed by atoms with Crippen LogP contribution in [0.2, 0.25) is 0 Å². The molecule has 0 fully saturated rings. The summed E-state index contributed by atoms with van der Waals surface area (Å²) in [6.07, 6.45) is 0.867. The molecular weight excluding hydrogens is 276 g/mol. The van der Waals surface area contributed by atoms with Gasteiger partial charge in [-0.05, 0) is 30.7 Å². The molecule has 1 aromatic heterocycles. The second kappa shape index (κ2) is 6.19. The Morgan fingerprint density at radius 3 is 2.62 bits per heavy atom. The van der Waals surface area contributed by atoms with Gasteiger partial charge in [-0.15, -0.1) is 0 Å². The van der Waals surface area contributed by atoms with Gasteiger partial charge in [-0.25, -0.2) is 4.98 Å². The molecule has 1 N–H and O–H groups in total. The van der Waals surface area contributed by atoms with Crippen LogP contribution in [0, 0.1) is 10.1 Å². The van der Waals surface area contributed by atoms with E-state index in [1.807, 2.05) is 0 Å². The van der Waals surface area contributed by atoms with Gasteiger partial charge in [-0.2, -0.15) is 0 Å². The summed E-state index contributed by atoms with van der Waals surface area (Å²) < 4.78 is 10.4. The van der Waals surface area contributed by atoms with Crippen LogP contribution in [0.5, 0.6) is 17.4 Å². The number of pyridine rings is 1. The van der Waals surface area contributed by atoms with Gasteiger partial charge in [0.25, 0.3) is 0 Å². The molecule has 0 aliphatic carbocycles. The molecule has 21 heavy (non-hydrogen) atoms. The minimum atomic E-state index is -0.617. The van der Waals surface area contributed by atoms with Crippen molar-refractivity contribution in [3.8, 4) is 17.4 Å². The van der Waals surface area contributed by atoms with Crippen molar-refractivity contribution in [2.45, 2.75) is 13.0 Å². The van der Waals surface area contributed by atoms with Crippen molar-refractivity contribution in [2.75, 3.05) is 7.11 Å². The first kappa shape index (κ1) is 14.7. The van der Waals surface area contributed by atoms with Crippen LogP contribution >= 0.6 is 0 Å². The van der Waals surface area contributed by atoms with Crippen LogP contribution in [0.3, 0.4) is 0 Å². The Balaban J connectivity index is 2.23. The number of ether oxygens (including phenoxy) is 2. The number of nitro benzene ring substituents is 1. The summed E-state index contributed by atoms with van der Waals surface area (Å²) in [6, 6.07) is 7.53. The van der Waals surface area contributed by atoms with Crippen molar-refractivity contribution in [1.29, 1.82) is 0 Å². The van der Waals surface area contributed by atoms with Crippen molar-refractivity contribution in [3.05, 3.63) is 52.2 Å². The van der Waals surface area contributed by atoms with Crippen LogP contribution in [0.1, 0.15) is 18.6 Å². The van der Waals surface area contributed by atoms with E-state index in [0.29, 0.717) is 5.56 Å². The summed E-state index contributed by atoms with van der Waals surface area (Å²) in [4.78, 5) is 14.4. The summed E-state index contributed by atoms with van der Waals surface area (Å²) in [5.74, 6) is 0.712. The first-order valence-electron chi connectivity index (χ1n) is 6.15. The second-order valence-corrected chi connectivity index (χ2v) is 4.30. The Labute approximate surface area is 120 Å².